The number of aryl methyl sites for hydroxylation is 1. The lowest BCUT2D eigenvalue weighted by Gasteiger charge is -2.21. The van der Waals surface area contributed by atoms with Crippen molar-refractivity contribution in [2.45, 2.75) is 45.7 Å². The van der Waals surface area contributed by atoms with Crippen LogP contribution in [0, 0.1) is 12.8 Å². The van der Waals surface area contributed by atoms with Crippen LogP contribution < -0.4 is 10.6 Å². The number of anilines is 1. The summed E-state index contributed by atoms with van der Waals surface area (Å²) in [5.41, 5.74) is 1.44. The van der Waals surface area contributed by atoms with Crippen LogP contribution in [-0.4, -0.2) is 60.1 Å². The van der Waals surface area contributed by atoms with E-state index in [0.717, 1.165) is 5.56 Å². The minimum absolute atomic E-state index is 0.0370. The Bertz CT molecular complexity index is 1140. The Morgan fingerprint density at radius 1 is 1.18 bits per heavy atom. The summed E-state index contributed by atoms with van der Waals surface area (Å²) in [6.07, 6.45) is 0.540. The van der Waals surface area contributed by atoms with Crippen molar-refractivity contribution < 1.29 is 27.5 Å². The molecule has 1 aliphatic heterocycles. The topological polar surface area (TPSA) is 136 Å². The number of hydrogen-bond acceptors (Lipinski definition) is 7. The molecule has 0 bridgehead atoms. The lowest BCUT2D eigenvalue weighted by molar-refractivity contribution is -0.151. The van der Waals surface area contributed by atoms with Crippen LogP contribution in [0.1, 0.15) is 37.6 Å². The Labute approximate surface area is 199 Å². The molecule has 0 aliphatic carbocycles. The van der Waals surface area contributed by atoms with E-state index in [1.54, 1.807) is 26.8 Å². The monoisotopic (exact) mass is 490 g/mol. The van der Waals surface area contributed by atoms with E-state index in [9.17, 15) is 22.8 Å². The molecule has 11 heteroatoms. The Balaban J connectivity index is 1.55. The van der Waals surface area contributed by atoms with Gasteiger partial charge in [0, 0.05) is 6.07 Å². The zero-order chi connectivity index (χ0) is 24.9. The van der Waals surface area contributed by atoms with Crippen molar-refractivity contribution in [2.75, 3.05) is 23.4 Å². The molecule has 0 radical (unpaired) electrons. The van der Waals surface area contributed by atoms with Gasteiger partial charge in [-0.05, 0) is 24.8 Å². The molecule has 0 saturated carbocycles. The summed E-state index contributed by atoms with van der Waals surface area (Å²) in [5, 5.41) is 9.62. The molecule has 1 aromatic carbocycles. The van der Waals surface area contributed by atoms with Gasteiger partial charge in [0.15, 0.2) is 16.4 Å². The number of rotatable bonds is 9. The number of ether oxygens (including phenoxy) is 1. The standard InChI is InChI=1S/C23H30N4O6S/c1-15(2)22(25-20(28)12-17-7-5-4-6-8-17)23(30)33-13-21(29)24-19-11-16(3)26-27(19)18-9-10-34(31,32)14-18/h4-8,11,15,18,22H,9-10,12-14H2,1-3H3,(H,24,29)(H,25,28)/t18?,22-/m0/s1. The van der Waals surface area contributed by atoms with Crippen LogP contribution in [0.2, 0.25) is 0 Å². The van der Waals surface area contributed by atoms with E-state index in [0.29, 0.717) is 17.9 Å². The van der Waals surface area contributed by atoms with Gasteiger partial charge in [-0.1, -0.05) is 44.2 Å². The average molecular weight is 491 g/mol. The molecule has 2 heterocycles. The fraction of sp³-hybridized carbons (Fsp3) is 0.478. The fourth-order valence-electron chi connectivity index (χ4n) is 3.77. The van der Waals surface area contributed by atoms with Gasteiger partial charge < -0.3 is 15.4 Å². The number of nitrogens with one attached hydrogen (secondary N) is 2. The van der Waals surface area contributed by atoms with E-state index < -0.39 is 34.4 Å². The van der Waals surface area contributed by atoms with Crippen LogP contribution in [-0.2, 0) is 35.4 Å². The quantitative estimate of drug-likeness (QED) is 0.507. The second-order valence-corrected chi connectivity index (χ2v) is 11.0. The van der Waals surface area contributed by atoms with E-state index in [4.69, 9.17) is 4.74 Å². The Kier molecular flexibility index (Phi) is 8.08. The third kappa shape index (κ3) is 6.89. The van der Waals surface area contributed by atoms with Crippen molar-refractivity contribution in [3.63, 3.8) is 0 Å². The largest absolute Gasteiger partial charge is 0.454 e. The second-order valence-electron chi connectivity index (χ2n) is 8.78. The van der Waals surface area contributed by atoms with Gasteiger partial charge in [-0.25, -0.2) is 17.9 Å². The molecule has 2 N–H and O–H groups in total. The summed E-state index contributed by atoms with van der Waals surface area (Å²) in [7, 11) is -3.13. The molecule has 10 nitrogen and oxygen atoms in total. The highest BCUT2D eigenvalue weighted by atomic mass is 32.2. The summed E-state index contributed by atoms with van der Waals surface area (Å²) in [4.78, 5) is 37.4. The van der Waals surface area contributed by atoms with Crippen molar-refractivity contribution in [1.82, 2.24) is 15.1 Å². The third-order valence-corrected chi connectivity index (χ3v) is 7.22. The summed E-state index contributed by atoms with van der Waals surface area (Å²) >= 11 is 0. The number of aromatic nitrogens is 2. The molecule has 1 saturated heterocycles. The average Bonchev–Trinajstić information content (AvgIpc) is 3.31. The highest BCUT2D eigenvalue weighted by Crippen LogP contribution is 2.27. The Hall–Kier alpha value is -3.21. The molecule has 34 heavy (non-hydrogen) atoms. The van der Waals surface area contributed by atoms with Crippen molar-refractivity contribution >= 4 is 33.4 Å². The fourth-order valence-corrected chi connectivity index (χ4v) is 5.46. The van der Waals surface area contributed by atoms with Crippen LogP contribution in [0.3, 0.4) is 0 Å². The molecular weight excluding hydrogens is 460 g/mol. The zero-order valence-electron chi connectivity index (χ0n) is 19.5. The van der Waals surface area contributed by atoms with E-state index in [2.05, 4.69) is 15.7 Å². The number of sulfone groups is 1. The summed E-state index contributed by atoms with van der Waals surface area (Å²) in [5.74, 6) is -1.48. The highest BCUT2D eigenvalue weighted by Gasteiger charge is 2.32. The van der Waals surface area contributed by atoms with E-state index >= 15 is 0 Å². The first-order valence-corrected chi connectivity index (χ1v) is 12.9. The first-order valence-electron chi connectivity index (χ1n) is 11.1. The Morgan fingerprint density at radius 3 is 2.50 bits per heavy atom. The molecule has 1 aliphatic rings. The van der Waals surface area contributed by atoms with Gasteiger partial charge in [0.05, 0.1) is 29.7 Å². The number of esters is 1. The maximum Gasteiger partial charge on any atom is 0.329 e. The zero-order valence-corrected chi connectivity index (χ0v) is 20.3. The molecule has 2 atom stereocenters. The van der Waals surface area contributed by atoms with Gasteiger partial charge >= 0.3 is 5.97 Å². The van der Waals surface area contributed by atoms with Crippen LogP contribution in [0.15, 0.2) is 36.4 Å². The van der Waals surface area contributed by atoms with E-state index in [1.165, 1.54) is 4.68 Å². The minimum Gasteiger partial charge on any atom is -0.454 e. The predicted octanol–water partition coefficient (Wildman–Crippen LogP) is 1.42. The molecule has 2 amide bonds. The molecule has 2 aromatic rings. The molecule has 3 rings (SSSR count). The third-order valence-electron chi connectivity index (χ3n) is 5.47. The van der Waals surface area contributed by atoms with E-state index in [-0.39, 0.29) is 35.8 Å². The molecule has 184 valence electrons. The van der Waals surface area contributed by atoms with Gasteiger partial charge in [0.25, 0.3) is 5.91 Å². The number of benzene rings is 1. The van der Waals surface area contributed by atoms with E-state index in [1.807, 2.05) is 30.3 Å². The van der Waals surface area contributed by atoms with Gasteiger partial charge in [-0.15, -0.1) is 0 Å². The lowest BCUT2D eigenvalue weighted by atomic mass is 10.0. The second kappa shape index (κ2) is 10.8. The molecule has 0 spiro atoms. The predicted molar refractivity (Wildman–Crippen MR) is 126 cm³/mol. The van der Waals surface area contributed by atoms with Crippen LogP contribution in [0.25, 0.3) is 0 Å². The highest BCUT2D eigenvalue weighted by molar-refractivity contribution is 7.91. The molecular formula is C23H30N4O6S. The van der Waals surface area contributed by atoms with Gasteiger partial charge in [0.1, 0.15) is 11.9 Å². The minimum atomic E-state index is -3.13. The van der Waals surface area contributed by atoms with Crippen molar-refractivity contribution in [1.29, 1.82) is 0 Å². The van der Waals surface area contributed by atoms with Crippen molar-refractivity contribution in [3.05, 3.63) is 47.7 Å². The van der Waals surface area contributed by atoms with Gasteiger partial charge in [-0.3, -0.25) is 9.59 Å². The number of amides is 2. The Morgan fingerprint density at radius 2 is 1.88 bits per heavy atom. The number of hydrogen-bond donors (Lipinski definition) is 2. The molecule has 1 unspecified atom stereocenters. The smallest absolute Gasteiger partial charge is 0.329 e. The molecule has 1 fully saturated rings. The normalized spacial score (nSPS) is 17.8. The SMILES string of the molecule is Cc1cc(NC(=O)COC(=O)[C@@H](NC(=O)Cc2ccccc2)C(C)C)n(C2CCS(=O)(=O)C2)n1. The molecule has 1 aromatic heterocycles. The summed E-state index contributed by atoms with van der Waals surface area (Å²) in [6.45, 7) is 4.72. The van der Waals surface area contributed by atoms with Crippen molar-refractivity contribution in [3.8, 4) is 0 Å². The van der Waals surface area contributed by atoms with Crippen LogP contribution in [0.5, 0.6) is 0 Å². The maximum atomic E-state index is 12.6. The first-order chi connectivity index (χ1) is 16.0. The van der Waals surface area contributed by atoms with Crippen LogP contribution in [0.4, 0.5) is 5.82 Å². The first kappa shape index (κ1) is 25.4. The summed E-state index contributed by atoms with van der Waals surface area (Å²) < 4.78 is 30.3. The lowest BCUT2D eigenvalue weighted by Crippen LogP contribution is -2.46. The number of carbonyl (C=O) groups is 3. The number of nitrogens with zero attached hydrogens (tertiary/aromatic N) is 2. The van der Waals surface area contributed by atoms with Gasteiger partial charge in [-0.2, -0.15) is 5.10 Å². The van der Waals surface area contributed by atoms with Crippen LogP contribution >= 0.6 is 0 Å². The van der Waals surface area contributed by atoms with Gasteiger partial charge in [0.2, 0.25) is 5.91 Å². The number of carbonyl (C=O) groups excluding carboxylic acids is 3. The summed E-state index contributed by atoms with van der Waals surface area (Å²) in [6, 6.07) is 9.52. The maximum absolute atomic E-state index is 12.6. The van der Waals surface area contributed by atoms with Crippen molar-refractivity contribution in [2.24, 2.45) is 5.92 Å².